The molecule has 1 atom stereocenters. The summed E-state index contributed by atoms with van der Waals surface area (Å²) < 4.78 is 5.09. The van der Waals surface area contributed by atoms with Crippen LogP contribution in [0, 0.1) is 0 Å². The molecule has 0 fully saturated rings. The van der Waals surface area contributed by atoms with E-state index in [9.17, 15) is 0 Å². The number of rotatable bonds is 1. The third-order valence-electron chi connectivity index (χ3n) is 2.18. The van der Waals surface area contributed by atoms with E-state index in [-0.39, 0.29) is 0 Å². The highest BCUT2D eigenvalue weighted by Crippen LogP contribution is 2.22. The molecule has 1 aromatic carbocycles. The number of benzene rings is 1. The molecule has 0 N–H and O–H groups in total. The van der Waals surface area contributed by atoms with Gasteiger partial charge in [0.05, 0.1) is 12.5 Å². The van der Waals surface area contributed by atoms with Gasteiger partial charge in [-0.1, -0.05) is 30.3 Å². The average molecular weight is 172 g/mol. The Hall–Kier alpha value is -1.50. The molecule has 1 aliphatic rings. The summed E-state index contributed by atoms with van der Waals surface area (Å²) in [5, 5.41) is 0. The van der Waals surface area contributed by atoms with Crippen LogP contribution in [-0.2, 0) is 4.74 Å². The number of ether oxygens (including phenoxy) is 1. The zero-order valence-corrected chi connectivity index (χ0v) is 7.39. The predicted molar refractivity (Wildman–Crippen MR) is 53.2 cm³/mol. The molecule has 1 unspecified atom stereocenters. The fraction of sp³-hybridized carbons (Fsp3) is 0.167. The highest BCUT2D eigenvalue weighted by molar-refractivity contribution is 5.24. The quantitative estimate of drug-likeness (QED) is 0.632. The monoisotopic (exact) mass is 172 g/mol. The molecule has 1 heterocycles. The molecule has 0 radical (unpaired) electrons. The van der Waals surface area contributed by atoms with Crippen molar-refractivity contribution in [2.24, 2.45) is 0 Å². The maximum atomic E-state index is 5.09. The molecule has 0 amide bonds. The minimum absolute atomic E-state index is 0.458. The van der Waals surface area contributed by atoms with E-state index in [0.29, 0.717) is 5.92 Å². The van der Waals surface area contributed by atoms with Crippen molar-refractivity contribution in [3.63, 3.8) is 0 Å². The molecule has 1 aromatic rings. The second-order valence-corrected chi connectivity index (χ2v) is 3.09. The molecule has 66 valence electrons. The minimum atomic E-state index is 0.458. The normalized spacial score (nSPS) is 20.8. The Kier molecular flexibility index (Phi) is 2.46. The maximum absolute atomic E-state index is 5.09. The first-order valence-corrected chi connectivity index (χ1v) is 4.49. The summed E-state index contributed by atoms with van der Waals surface area (Å²) in [5.41, 5.74) is 1.34. The number of hydrogen-bond donors (Lipinski definition) is 0. The fourth-order valence-corrected chi connectivity index (χ4v) is 1.47. The molecule has 0 aromatic heterocycles. The molecule has 0 spiro atoms. The molecule has 0 saturated carbocycles. The molecule has 1 heteroatoms. The van der Waals surface area contributed by atoms with E-state index in [0.717, 1.165) is 6.42 Å². The van der Waals surface area contributed by atoms with Gasteiger partial charge in [0.1, 0.15) is 0 Å². The highest BCUT2D eigenvalue weighted by Gasteiger charge is 2.06. The Bertz CT molecular complexity index is 311. The Labute approximate surface area is 78.3 Å². The van der Waals surface area contributed by atoms with Crippen LogP contribution in [0.1, 0.15) is 17.9 Å². The molecule has 0 aliphatic carbocycles. The van der Waals surface area contributed by atoms with E-state index in [2.05, 4.69) is 36.4 Å². The van der Waals surface area contributed by atoms with E-state index >= 15 is 0 Å². The first kappa shape index (κ1) is 8.11. The Morgan fingerprint density at radius 3 is 2.77 bits per heavy atom. The maximum Gasteiger partial charge on any atom is 0.0867 e. The van der Waals surface area contributed by atoms with Gasteiger partial charge in [-0.25, -0.2) is 0 Å². The molecule has 1 nitrogen and oxygen atoms in total. The highest BCUT2D eigenvalue weighted by atomic mass is 16.5. The van der Waals surface area contributed by atoms with Crippen LogP contribution in [0.5, 0.6) is 0 Å². The lowest BCUT2D eigenvalue weighted by Gasteiger charge is -2.08. The third kappa shape index (κ3) is 2.00. The zero-order chi connectivity index (χ0) is 8.93. The lowest BCUT2D eigenvalue weighted by Crippen LogP contribution is -1.91. The fourth-order valence-electron chi connectivity index (χ4n) is 1.47. The Balaban J connectivity index is 2.21. The van der Waals surface area contributed by atoms with Crippen LogP contribution >= 0.6 is 0 Å². The summed E-state index contributed by atoms with van der Waals surface area (Å²) in [6, 6.07) is 10.5. The van der Waals surface area contributed by atoms with Gasteiger partial charge >= 0.3 is 0 Å². The number of hydrogen-bond acceptors (Lipinski definition) is 1. The van der Waals surface area contributed by atoms with Crippen LogP contribution in [0.3, 0.4) is 0 Å². The third-order valence-corrected chi connectivity index (χ3v) is 2.18. The predicted octanol–water partition coefficient (Wildman–Crippen LogP) is 3.22. The van der Waals surface area contributed by atoms with Crippen LogP contribution in [-0.4, -0.2) is 0 Å². The Morgan fingerprint density at radius 2 is 1.92 bits per heavy atom. The molecular weight excluding hydrogens is 160 g/mol. The van der Waals surface area contributed by atoms with Gasteiger partial charge in [-0.3, -0.25) is 0 Å². The lowest BCUT2D eigenvalue weighted by molar-refractivity contribution is 0.403. The van der Waals surface area contributed by atoms with Gasteiger partial charge in [-0.2, -0.15) is 0 Å². The second-order valence-electron chi connectivity index (χ2n) is 3.09. The van der Waals surface area contributed by atoms with E-state index in [1.807, 2.05) is 6.07 Å². The van der Waals surface area contributed by atoms with Crippen molar-refractivity contribution in [1.29, 1.82) is 0 Å². The van der Waals surface area contributed by atoms with Gasteiger partial charge in [-0.05, 0) is 24.1 Å². The van der Waals surface area contributed by atoms with Crippen molar-refractivity contribution >= 4 is 0 Å². The van der Waals surface area contributed by atoms with Crippen LogP contribution in [0.2, 0.25) is 0 Å². The van der Waals surface area contributed by atoms with Crippen LogP contribution in [0.4, 0.5) is 0 Å². The molecule has 2 rings (SSSR count). The average Bonchev–Trinajstić information content (AvgIpc) is 2.47. The SMILES string of the molecule is C1=COC=CC(c2ccccc2)C1. The van der Waals surface area contributed by atoms with Crippen molar-refractivity contribution in [1.82, 2.24) is 0 Å². The summed E-state index contributed by atoms with van der Waals surface area (Å²) in [5.74, 6) is 0.458. The van der Waals surface area contributed by atoms with Crippen molar-refractivity contribution in [2.45, 2.75) is 12.3 Å². The van der Waals surface area contributed by atoms with Gasteiger partial charge < -0.3 is 4.74 Å². The molecular formula is C12H12O. The smallest absolute Gasteiger partial charge is 0.0867 e. The number of allylic oxidation sites excluding steroid dienone is 2. The first-order chi connectivity index (χ1) is 6.47. The second kappa shape index (κ2) is 3.94. The summed E-state index contributed by atoms with van der Waals surface area (Å²) >= 11 is 0. The molecule has 0 saturated heterocycles. The van der Waals surface area contributed by atoms with Gasteiger partial charge in [0.2, 0.25) is 0 Å². The van der Waals surface area contributed by atoms with E-state index in [4.69, 9.17) is 4.74 Å². The Morgan fingerprint density at radius 1 is 1.08 bits per heavy atom. The van der Waals surface area contributed by atoms with Crippen molar-refractivity contribution < 1.29 is 4.74 Å². The van der Waals surface area contributed by atoms with E-state index in [1.54, 1.807) is 12.5 Å². The van der Waals surface area contributed by atoms with Crippen molar-refractivity contribution in [3.05, 3.63) is 60.6 Å². The summed E-state index contributed by atoms with van der Waals surface area (Å²) in [6.45, 7) is 0. The molecule has 13 heavy (non-hydrogen) atoms. The summed E-state index contributed by atoms with van der Waals surface area (Å²) in [7, 11) is 0. The van der Waals surface area contributed by atoms with E-state index < -0.39 is 0 Å². The molecule has 0 bridgehead atoms. The standard InChI is InChI=1S/C12H12O/c1-2-5-11(6-3-1)12-7-4-9-13-10-8-12/h1-6,8-10,12H,7H2. The molecule has 1 aliphatic heterocycles. The summed E-state index contributed by atoms with van der Waals surface area (Å²) in [4.78, 5) is 0. The van der Waals surface area contributed by atoms with Crippen LogP contribution < -0.4 is 0 Å². The largest absolute Gasteiger partial charge is 0.473 e. The summed E-state index contributed by atoms with van der Waals surface area (Å²) in [6.07, 6.45) is 8.65. The van der Waals surface area contributed by atoms with Crippen LogP contribution in [0.15, 0.2) is 55.0 Å². The van der Waals surface area contributed by atoms with E-state index in [1.165, 1.54) is 5.56 Å². The van der Waals surface area contributed by atoms with Crippen molar-refractivity contribution in [2.75, 3.05) is 0 Å². The van der Waals surface area contributed by atoms with Gasteiger partial charge in [0.25, 0.3) is 0 Å². The first-order valence-electron chi connectivity index (χ1n) is 4.49. The zero-order valence-electron chi connectivity index (χ0n) is 7.39. The topological polar surface area (TPSA) is 9.23 Å². The van der Waals surface area contributed by atoms with Gasteiger partial charge in [0.15, 0.2) is 0 Å². The van der Waals surface area contributed by atoms with Crippen LogP contribution in [0.25, 0.3) is 0 Å². The lowest BCUT2D eigenvalue weighted by atomic mass is 9.96. The van der Waals surface area contributed by atoms with Crippen molar-refractivity contribution in [3.8, 4) is 0 Å². The van der Waals surface area contributed by atoms with Gasteiger partial charge in [-0.15, -0.1) is 0 Å². The minimum Gasteiger partial charge on any atom is -0.473 e. The van der Waals surface area contributed by atoms with Gasteiger partial charge in [0, 0.05) is 5.92 Å².